The second kappa shape index (κ2) is 7.18. The van der Waals surface area contributed by atoms with E-state index in [0.717, 1.165) is 10.2 Å². The Balaban J connectivity index is 2.46. The third-order valence-corrected chi connectivity index (χ3v) is 3.21. The van der Waals surface area contributed by atoms with Gasteiger partial charge in [0.15, 0.2) is 0 Å². The van der Waals surface area contributed by atoms with Crippen LogP contribution in [0.4, 0.5) is 10.5 Å². The molecule has 0 spiro atoms. The van der Waals surface area contributed by atoms with Crippen molar-refractivity contribution >= 4 is 39.3 Å². The lowest BCUT2D eigenvalue weighted by Crippen LogP contribution is -2.38. The fraction of sp³-hybridized carbons (Fsp3) is 0.500. The van der Waals surface area contributed by atoms with Gasteiger partial charge < -0.3 is 15.4 Å². The average Bonchev–Trinajstić information content (AvgIpc) is 2.29. The summed E-state index contributed by atoms with van der Waals surface area (Å²) < 4.78 is 6.10. The summed E-state index contributed by atoms with van der Waals surface area (Å²) in [5, 5.41) is 6.64. The van der Waals surface area contributed by atoms with Gasteiger partial charge in [-0.3, -0.25) is 0 Å². The first-order chi connectivity index (χ1) is 9.17. The molecule has 6 heteroatoms. The highest BCUT2D eigenvalue weighted by molar-refractivity contribution is 9.10. The number of amides is 1. The number of hydrogen-bond acceptors (Lipinski definition) is 3. The van der Waals surface area contributed by atoms with Crippen molar-refractivity contribution < 1.29 is 9.53 Å². The van der Waals surface area contributed by atoms with Crippen molar-refractivity contribution in [1.29, 1.82) is 0 Å². The topological polar surface area (TPSA) is 50.4 Å². The zero-order chi connectivity index (χ0) is 15.3. The Hall–Kier alpha value is -0.940. The molecular weight excluding hydrogens is 344 g/mol. The number of nitrogens with one attached hydrogen (secondary N) is 2. The molecule has 0 aliphatic heterocycles. The van der Waals surface area contributed by atoms with Crippen molar-refractivity contribution in [2.45, 2.75) is 39.3 Å². The summed E-state index contributed by atoms with van der Waals surface area (Å²) in [6.07, 6.45) is -0.420. The maximum atomic E-state index is 11.5. The Morgan fingerprint density at radius 1 is 1.45 bits per heavy atom. The highest BCUT2D eigenvalue weighted by Gasteiger charge is 2.16. The summed E-state index contributed by atoms with van der Waals surface area (Å²) >= 11 is 9.40. The Kier molecular flexibility index (Phi) is 6.14. The monoisotopic (exact) mass is 362 g/mol. The average molecular weight is 364 g/mol. The number of rotatable bonds is 4. The molecule has 1 unspecified atom stereocenters. The number of carbonyl (C=O) groups excluding carboxylic acids is 1. The van der Waals surface area contributed by atoms with Crippen molar-refractivity contribution in [3.63, 3.8) is 0 Å². The van der Waals surface area contributed by atoms with Gasteiger partial charge in [0.2, 0.25) is 0 Å². The number of ether oxygens (including phenoxy) is 1. The zero-order valence-electron chi connectivity index (χ0n) is 12.1. The van der Waals surface area contributed by atoms with E-state index in [4.69, 9.17) is 16.3 Å². The largest absolute Gasteiger partial charge is 0.444 e. The van der Waals surface area contributed by atoms with E-state index >= 15 is 0 Å². The van der Waals surface area contributed by atoms with Crippen LogP contribution in [0.1, 0.15) is 27.7 Å². The molecule has 1 aromatic rings. The van der Waals surface area contributed by atoms with E-state index in [-0.39, 0.29) is 6.04 Å². The smallest absolute Gasteiger partial charge is 0.407 e. The number of anilines is 1. The van der Waals surface area contributed by atoms with Gasteiger partial charge in [-0.1, -0.05) is 11.6 Å². The molecule has 0 heterocycles. The number of carbonyl (C=O) groups is 1. The van der Waals surface area contributed by atoms with Crippen molar-refractivity contribution in [2.75, 3.05) is 11.9 Å². The molecule has 1 amide bonds. The highest BCUT2D eigenvalue weighted by atomic mass is 79.9. The SMILES string of the molecule is CC(CNC(=O)OC(C)(C)C)Nc1cc(Cl)ccc1Br. The van der Waals surface area contributed by atoms with E-state index in [1.807, 2.05) is 39.8 Å². The zero-order valence-corrected chi connectivity index (χ0v) is 14.4. The number of alkyl carbamates (subject to hydrolysis) is 1. The lowest BCUT2D eigenvalue weighted by atomic mass is 10.2. The normalized spacial score (nSPS) is 12.7. The third-order valence-electron chi connectivity index (χ3n) is 2.28. The minimum absolute atomic E-state index is 0.0392. The van der Waals surface area contributed by atoms with E-state index in [2.05, 4.69) is 26.6 Å². The maximum Gasteiger partial charge on any atom is 0.407 e. The Labute approximate surface area is 133 Å². The van der Waals surface area contributed by atoms with Gasteiger partial charge in [0.25, 0.3) is 0 Å². The van der Waals surface area contributed by atoms with Gasteiger partial charge in [-0.25, -0.2) is 4.79 Å². The van der Waals surface area contributed by atoms with Crippen LogP contribution in [0, 0.1) is 0 Å². The molecule has 0 bridgehead atoms. The maximum absolute atomic E-state index is 11.5. The van der Waals surface area contributed by atoms with E-state index in [9.17, 15) is 4.79 Å². The van der Waals surface area contributed by atoms with E-state index in [0.29, 0.717) is 11.6 Å². The van der Waals surface area contributed by atoms with Crippen LogP contribution in [0.3, 0.4) is 0 Å². The van der Waals surface area contributed by atoms with Crippen LogP contribution in [0.5, 0.6) is 0 Å². The van der Waals surface area contributed by atoms with Gasteiger partial charge in [-0.05, 0) is 61.8 Å². The van der Waals surface area contributed by atoms with E-state index in [1.54, 1.807) is 6.07 Å². The molecule has 1 atom stereocenters. The van der Waals surface area contributed by atoms with Gasteiger partial charge in [-0.2, -0.15) is 0 Å². The summed E-state index contributed by atoms with van der Waals surface area (Å²) in [6.45, 7) is 7.91. The van der Waals surface area contributed by atoms with Gasteiger partial charge >= 0.3 is 6.09 Å². The minimum Gasteiger partial charge on any atom is -0.444 e. The predicted octanol–water partition coefficient (Wildman–Crippen LogP) is 4.43. The molecule has 0 aliphatic rings. The fourth-order valence-electron chi connectivity index (χ4n) is 1.48. The summed E-state index contributed by atoms with van der Waals surface area (Å²) in [4.78, 5) is 11.5. The molecule has 0 aliphatic carbocycles. The molecule has 0 aromatic heterocycles. The van der Waals surface area contributed by atoms with Gasteiger partial charge in [-0.15, -0.1) is 0 Å². The summed E-state index contributed by atoms with van der Waals surface area (Å²) in [5.74, 6) is 0. The molecule has 0 radical (unpaired) electrons. The van der Waals surface area contributed by atoms with Crippen molar-refractivity contribution in [3.05, 3.63) is 27.7 Å². The van der Waals surface area contributed by atoms with Crippen LogP contribution in [-0.4, -0.2) is 24.3 Å². The molecule has 1 aromatic carbocycles. The first-order valence-corrected chi connectivity index (χ1v) is 7.53. The number of halogens is 2. The second-order valence-corrected chi connectivity index (χ2v) is 6.84. The molecule has 4 nitrogen and oxygen atoms in total. The lowest BCUT2D eigenvalue weighted by Gasteiger charge is -2.21. The van der Waals surface area contributed by atoms with Crippen LogP contribution >= 0.6 is 27.5 Å². The van der Waals surface area contributed by atoms with Crippen molar-refractivity contribution in [2.24, 2.45) is 0 Å². The van der Waals surface area contributed by atoms with Crippen LogP contribution < -0.4 is 10.6 Å². The van der Waals surface area contributed by atoms with Gasteiger partial charge in [0.05, 0.1) is 5.69 Å². The Bertz CT molecular complexity index is 475. The van der Waals surface area contributed by atoms with E-state index in [1.165, 1.54) is 0 Å². The van der Waals surface area contributed by atoms with E-state index < -0.39 is 11.7 Å². The summed E-state index contributed by atoms with van der Waals surface area (Å²) in [7, 11) is 0. The van der Waals surface area contributed by atoms with Crippen molar-refractivity contribution in [1.82, 2.24) is 5.32 Å². The third kappa shape index (κ3) is 6.48. The Morgan fingerprint density at radius 3 is 2.70 bits per heavy atom. The molecular formula is C14H20BrClN2O2. The lowest BCUT2D eigenvalue weighted by molar-refractivity contribution is 0.0526. The summed E-state index contributed by atoms with van der Waals surface area (Å²) in [6, 6.07) is 5.55. The molecule has 2 N–H and O–H groups in total. The molecule has 0 saturated heterocycles. The second-order valence-electron chi connectivity index (χ2n) is 5.55. The van der Waals surface area contributed by atoms with Crippen LogP contribution in [-0.2, 0) is 4.74 Å². The molecule has 0 fully saturated rings. The van der Waals surface area contributed by atoms with Crippen LogP contribution in [0.15, 0.2) is 22.7 Å². The quantitative estimate of drug-likeness (QED) is 0.832. The highest BCUT2D eigenvalue weighted by Crippen LogP contribution is 2.26. The standard InChI is InChI=1S/C14H20BrClN2O2/c1-9(8-17-13(19)20-14(2,3)4)18-12-7-10(16)5-6-11(12)15/h5-7,9,18H,8H2,1-4H3,(H,17,19). The fourth-order valence-corrected chi connectivity index (χ4v) is 2.01. The molecule has 112 valence electrons. The van der Waals surface area contributed by atoms with Gasteiger partial charge in [0.1, 0.15) is 5.60 Å². The summed E-state index contributed by atoms with van der Waals surface area (Å²) in [5.41, 5.74) is 0.396. The Morgan fingerprint density at radius 2 is 2.10 bits per heavy atom. The molecule has 20 heavy (non-hydrogen) atoms. The number of hydrogen-bond donors (Lipinski definition) is 2. The van der Waals surface area contributed by atoms with Crippen LogP contribution in [0.2, 0.25) is 5.02 Å². The van der Waals surface area contributed by atoms with Crippen LogP contribution in [0.25, 0.3) is 0 Å². The first-order valence-electron chi connectivity index (χ1n) is 6.36. The van der Waals surface area contributed by atoms with Crippen molar-refractivity contribution in [3.8, 4) is 0 Å². The molecule has 1 rings (SSSR count). The number of benzene rings is 1. The minimum atomic E-state index is -0.489. The predicted molar refractivity (Wildman–Crippen MR) is 86.5 cm³/mol. The first kappa shape index (κ1) is 17.1. The molecule has 0 saturated carbocycles. The van der Waals surface area contributed by atoms with Gasteiger partial charge in [0, 0.05) is 22.1 Å².